The standard InChI is InChI=1S/C10H11BrO2/c1-2-8-5-7(6-10(12)13)3-4-9(8)11/h3-5H,2,6H2,1H3,(H,12,13). The van der Waals surface area contributed by atoms with E-state index in [0.717, 1.165) is 22.0 Å². The Morgan fingerprint density at radius 1 is 1.54 bits per heavy atom. The number of hydrogen-bond donors (Lipinski definition) is 1. The lowest BCUT2D eigenvalue weighted by molar-refractivity contribution is -0.136. The highest BCUT2D eigenvalue weighted by atomic mass is 79.9. The van der Waals surface area contributed by atoms with Gasteiger partial charge in [-0.15, -0.1) is 0 Å². The summed E-state index contributed by atoms with van der Waals surface area (Å²) in [6.07, 6.45) is 1.01. The molecule has 0 bridgehead atoms. The molecule has 2 nitrogen and oxygen atoms in total. The summed E-state index contributed by atoms with van der Waals surface area (Å²) >= 11 is 3.41. The van der Waals surface area contributed by atoms with Crippen molar-refractivity contribution in [3.63, 3.8) is 0 Å². The number of benzene rings is 1. The van der Waals surface area contributed by atoms with Gasteiger partial charge in [0.1, 0.15) is 0 Å². The fourth-order valence-corrected chi connectivity index (χ4v) is 1.71. The van der Waals surface area contributed by atoms with Gasteiger partial charge in [-0.25, -0.2) is 0 Å². The molecule has 13 heavy (non-hydrogen) atoms. The molecule has 0 aromatic heterocycles. The summed E-state index contributed by atoms with van der Waals surface area (Å²) in [5, 5.41) is 8.59. The van der Waals surface area contributed by atoms with Gasteiger partial charge in [-0.05, 0) is 23.6 Å². The molecule has 0 amide bonds. The number of carbonyl (C=O) groups is 1. The Bertz CT molecular complexity index is 321. The summed E-state index contributed by atoms with van der Waals surface area (Å²) in [6.45, 7) is 2.05. The van der Waals surface area contributed by atoms with E-state index in [0.29, 0.717) is 0 Å². The van der Waals surface area contributed by atoms with Gasteiger partial charge in [0.15, 0.2) is 0 Å². The average Bonchev–Trinajstić information content (AvgIpc) is 2.07. The van der Waals surface area contributed by atoms with Crippen LogP contribution in [0.4, 0.5) is 0 Å². The Morgan fingerprint density at radius 3 is 2.77 bits per heavy atom. The van der Waals surface area contributed by atoms with Gasteiger partial charge in [0, 0.05) is 4.47 Å². The summed E-state index contributed by atoms with van der Waals surface area (Å²) in [6, 6.07) is 5.66. The van der Waals surface area contributed by atoms with E-state index in [4.69, 9.17) is 5.11 Å². The molecular weight excluding hydrogens is 232 g/mol. The molecule has 0 unspecified atom stereocenters. The van der Waals surface area contributed by atoms with Crippen molar-refractivity contribution in [3.8, 4) is 0 Å². The van der Waals surface area contributed by atoms with Crippen LogP contribution in [0, 0.1) is 0 Å². The molecule has 70 valence electrons. The fourth-order valence-electron chi connectivity index (χ4n) is 1.18. The second-order valence-electron chi connectivity index (χ2n) is 2.85. The average molecular weight is 243 g/mol. The quantitative estimate of drug-likeness (QED) is 0.885. The van der Waals surface area contributed by atoms with Gasteiger partial charge < -0.3 is 5.11 Å². The molecule has 0 saturated heterocycles. The van der Waals surface area contributed by atoms with E-state index in [2.05, 4.69) is 15.9 Å². The Labute approximate surface area is 85.7 Å². The summed E-state index contributed by atoms with van der Waals surface area (Å²) in [4.78, 5) is 10.4. The minimum atomic E-state index is -0.788. The number of halogens is 1. The highest BCUT2D eigenvalue weighted by molar-refractivity contribution is 9.10. The zero-order valence-electron chi connectivity index (χ0n) is 7.38. The number of carboxylic acids is 1. The SMILES string of the molecule is CCc1cc(CC(=O)O)ccc1Br. The highest BCUT2D eigenvalue weighted by Gasteiger charge is 2.03. The minimum absolute atomic E-state index is 0.0975. The van der Waals surface area contributed by atoms with Crippen LogP contribution in [0.3, 0.4) is 0 Å². The van der Waals surface area contributed by atoms with Crippen molar-refractivity contribution in [2.24, 2.45) is 0 Å². The molecule has 0 heterocycles. The van der Waals surface area contributed by atoms with Gasteiger partial charge in [0.05, 0.1) is 6.42 Å². The lowest BCUT2D eigenvalue weighted by Gasteiger charge is -2.03. The van der Waals surface area contributed by atoms with Gasteiger partial charge in [0.25, 0.3) is 0 Å². The van der Waals surface area contributed by atoms with E-state index in [-0.39, 0.29) is 6.42 Å². The van der Waals surface area contributed by atoms with Crippen molar-refractivity contribution in [2.45, 2.75) is 19.8 Å². The Morgan fingerprint density at radius 2 is 2.23 bits per heavy atom. The van der Waals surface area contributed by atoms with Gasteiger partial charge in [-0.3, -0.25) is 4.79 Å². The third kappa shape index (κ3) is 2.84. The molecule has 1 aromatic carbocycles. The predicted molar refractivity (Wildman–Crippen MR) is 54.9 cm³/mol. The normalized spacial score (nSPS) is 10.0. The minimum Gasteiger partial charge on any atom is -0.481 e. The van der Waals surface area contributed by atoms with E-state index in [1.165, 1.54) is 0 Å². The molecule has 0 aliphatic rings. The molecule has 0 fully saturated rings. The molecule has 0 atom stereocenters. The Hall–Kier alpha value is -0.830. The van der Waals surface area contributed by atoms with Crippen LogP contribution in [-0.4, -0.2) is 11.1 Å². The van der Waals surface area contributed by atoms with Crippen molar-refractivity contribution in [2.75, 3.05) is 0 Å². The molecule has 0 radical (unpaired) electrons. The molecular formula is C10H11BrO2. The van der Waals surface area contributed by atoms with Crippen LogP contribution in [0.25, 0.3) is 0 Å². The monoisotopic (exact) mass is 242 g/mol. The highest BCUT2D eigenvalue weighted by Crippen LogP contribution is 2.19. The van der Waals surface area contributed by atoms with Crippen molar-refractivity contribution in [1.82, 2.24) is 0 Å². The molecule has 0 spiro atoms. The van der Waals surface area contributed by atoms with Crippen molar-refractivity contribution in [1.29, 1.82) is 0 Å². The first-order chi connectivity index (χ1) is 6.13. The van der Waals surface area contributed by atoms with Gasteiger partial charge in [0.2, 0.25) is 0 Å². The third-order valence-corrected chi connectivity index (χ3v) is 2.62. The van der Waals surface area contributed by atoms with Crippen LogP contribution >= 0.6 is 15.9 Å². The molecule has 0 saturated carbocycles. The first-order valence-corrected chi connectivity index (χ1v) is 4.92. The van der Waals surface area contributed by atoms with E-state index in [9.17, 15) is 4.79 Å². The lowest BCUT2D eigenvalue weighted by Crippen LogP contribution is -2.00. The van der Waals surface area contributed by atoms with Crippen molar-refractivity contribution >= 4 is 21.9 Å². The maximum atomic E-state index is 10.4. The third-order valence-electron chi connectivity index (χ3n) is 1.85. The molecule has 0 aliphatic heterocycles. The number of aryl methyl sites for hydroxylation is 1. The number of rotatable bonds is 3. The topological polar surface area (TPSA) is 37.3 Å². The first kappa shape index (κ1) is 10.3. The second-order valence-corrected chi connectivity index (χ2v) is 3.70. The number of hydrogen-bond acceptors (Lipinski definition) is 1. The van der Waals surface area contributed by atoms with Gasteiger partial charge in [-0.2, -0.15) is 0 Å². The molecule has 1 N–H and O–H groups in total. The number of carboxylic acid groups (broad SMARTS) is 1. The maximum Gasteiger partial charge on any atom is 0.307 e. The second kappa shape index (κ2) is 4.42. The van der Waals surface area contributed by atoms with Gasteiger partial charge >= 0.3 is 5.97 Å². The zero-order chi connectivity index (χ0) is 9.84. The van der Waals surface area contributed by atoms with Crippen LogP contribution in [0.2, 0.25) is 0 Å². The van der Waals surface area contributed by atoms with Crippen LogP contribution < -0.4 is 0 Å². The van der Waals surface area contributed by atoms with E-state index in [1.54, 1.807) is 0 Å². The summed E-state index contributed by atoms with van der Waals surface area (Å²) in [7, 11) is 0. The largest absolute Gasteiger partial charge is 0.481 e. The lowest BCUT2D eigenvalue weighted by atomic mass is 10.1. The smallest absolute Gasteiger partial charge is 0.307 e. The Kier molecular flexibility index (Phi) is 3.48. The van der Waals surface area contributed by atoms with Crippen LogP contribution in [0.1, 0.15) is 18.1 Å². The molecule has 0 aliphatic carbocycles. The Balaban J connectivity index is 2.92. The maximum absolute atomic E-state index is 10.4. The summed E-state index contributed by atoms with van der Waals surface area (Å²) in [5.41, 5.74) is 2.01. The molecule has 1 aromatic rings. The van der Waals surface area contributed by atoms with Crippen LogP contribution in [0.5, 0.6) is 0 Å². The van der Waals surface area contributed by atoms with Crippen molar-refractivity contribution in [3.05, 3.63) is 33.8 Å². The van der Waals surface area contributed by atoms with E-state index < -0.39 is 5.97 Å². The fraction of sp³-hybridized carbons (Fsp3) is 0.300. The van der Waals surface area contributed by atoms with Crippen molar-refractivity contribution < 1.29 is 9.90 Å². The van der Waals surface area contributed by atoms with Crippen LogP contribution in [-0.2, 0) is 17.6 Å². The number of aliphatic carboxylic acids is 1. The predicted octanol–water partition coefficient (Wildman–Crippen LogP) is 2.64. The zero-order valence-corrected chi connectivity index (χ0v) is 8.97. The molecule has 3 heteroatoms. The summed E-state index contributed by atoms with van der Waals surface area (Å²) in [5.74, 6) is -0.788. The van der Waals surface area contributed by atoms with Crippen LogP contribution in [0.15, 0.2) is 22.7 Å². The van der Waals surface area contributed by atoms with Gasteiger partial charge in [-0.1, -0.05) is 35.0 Å². The first-order valence-electron chi connectivity index (χ1n) is 4.12. The van der Waals surface area contributed by atoms with E-state index in [1.807, 2.05) is 25.1 Å². The molecule has 1 rings (SSSR count). The summed E-state index contributed by atoms with van der Waals surface area (Å²) < 4.78 is 1.05. The van der Waals surface area contributed by atoms with E-state index >= 15 is 0 Å².